The van der Waals surface area contributed by atoms with Crippen LogP contribution in [0.2, 0.25) is 0 Å². The summed E-state index contributed by atoms with van der Waals surface area (Å²) >= 11 is 0. The van der Waals surface area contributed by atoms with Crippen LogP contribution in [0.15, 0.2) is 24.3 Å². The van der Waals surface area contributed by atoms with Gasteiger partial charge in [-0.2, -0.15) is 0 Å². The van der Waals surface area contributed by atoms with Gasteiger partial charge in [-0.25, -0.2) is 4.39 Å². The summed E-state index contributed by atoms with van der Waals surface area (Å²) in [5.74, 6) is -0.235. The van der Waals surface area contributed by atoms with Gasteiger partial charge in [0.25, 0.3) is 5.91 Å². The standard InChI is InChI=1S/C24H31FN4O2/c1-16-22(17(2)26-23(16)18(3)30)24(31)29-10-4-5-21(15-29)28-13-11-27(12-14-28)20-8-6-19(25)7-9-20/h6-9,21,26H,4-5,10-15H2,1-3H3/t21-/m1/s1. The van der Waals surface area contributed by atoms with Crippen molar-refractivity contribution in [1.82, 2.24) is 14.8 Å². The number of Topliss-reactive ketones (excluding diaryl/α,β-unsaturated/α-hetero) is 1. The third-order valence-electron chi connectivity index (χ3n) is 6.71. The van der Waals surface area contributed by atoms with Crippen LogP contribution in [-0.4, -0.2) is 71.8 Å². The maximum Gasteiger partial charge on any atom is 0.256 e. The summed E-state index contributed by atoms with van der Waals surface area (Å²) in [6.45, 7) is 10.4. The number of piperidine rings is 1. The minimum absolute atomic E-state index is 0.0217. The van der Waals surface area contributed by atoms with E-state index in [1.165, 1.54) is 19.1 Å². The minimum Gasteiger partial charge on any atom is -0.369 e. The second kappa shape index (κ2) is 8.83. The molecule has 31 heavy (non-hydrogen) atoms. The van der Waals surface area contributed by atoms with Gasteiger partial charge in [-0.15, -0.1) is 0 Å². The predicted octanol–water partition coefficient (Wildman–Crippen LogP) is 3.40. The van der Waals surface area contributed by atoms with E-state index < -0.39 is 0 Å². The highest BCUT2D eigenvalue weighted by atomic mass is 19.1. The number of rotatable bonds is 4. The number of likely N-dealkylation sites (tertiary alicyclic amines) is 1. The van der Waals surface area contributed by atoms with Crippen molar-refractivity contribution in [1.29, 1.82) is 0 Å². The molecule has 1 N–H and O–H groups in total. The number of anilines is 1. The summed E-state index contributed by atoms with van der Waals surface area (Å²) in [5, 5.41) is 0. The first-order valence-electron chi connectivity index (χ1n) is 11.1. The lowest BCUT2D eigenvalue weighted by Gasteiger charge is -2.44. The van der Waals surface area contributed by atoms with Crippen LogP contribution in [0, 0.1) is 19.7 Å². The molecule has 3 heterocycles. The number of carbonyl (C=O) groups excluding carboxylic acids is 2. The topological polar surface area (TPSA) is 59.7 Å². The molecule has 1 aromatic heterocycles. The zero-order valence-electron chi connectivity index (χ0n) is 18.6. The first kappa shape index (κ1) is 21.6. The fourth-order valence-electron chi connectivity index (χ4n) is 5.02. The highest BCUT2D eigenvalue weighted by molar-refractivity contribution is 6.02. The van der Waals surface area contributed by atoms with Gasteiger partial charge in [0.2, 0.25) is 0 Å². The largest absolute Gasteiger partial charge is 0.369 e. The Morgan fingerprint density at radius 2 is 1.71 bits per heavy atom. The van der Waals surface area contributed by atoms with Crippen LogP contribution in [0.25, 0.3) is 0 Å². The van der Waals surface area contributed by atoms with E-state index in [-0.39, 0.29) is 17.5 Å². The first-order valence-corrected chi connectivity index (χ1v) is 11.1. The maximum absolute atomic E-state index is 13.3. The number of carbonyl (C=O) groups is 2. The van der Waals surface area contributed by atoms with E-state index in [1.54, 1.807) is 0 Å². The molecule has 0 aliphatic carbocycles. The van der Waals surface area contributed by atoms with E-state index in [0.717, 1.165) is 69.1 Å². The number of amides is 1. The van der Waals surface area contributed by atoms with Crippen molar-refractivity contribution >= 4 is 17.4 Å². The molecule has 0 bridgehead atoms. The van der Waals surface area contributed by atoms with Gasteiger partial charge in [0.15, 0.2) is 5.78 Å². The molecule has 4 rings (SSSR count). The van der Waals surface area contributed by atoms with Gasteiger partial charge in [-0.3, -0.25) is 14.5 Å². The molecule has 166 valence electrons. The molecule has 0 spiro atoms. The van der Waals surface area contributed by atoms with E-state index >= 15 is 0 Å². The number of H-pyrrole nitrogens is 1. The average molecular weight is 427 g/mol. The van der Waals surface area contributed by atoms with Crippen molar-refractivity contribution in [3.05, 3.63) is 52.6 Å². The van der Waals surface area contributed by atoms with Crippen LogP contribution in [0.1, 0.15) is 51.9 Å². The Balaban J connectivity index is 1.40. The van der Waals surface area contributed by atoms with Gasteiger partial charge < -0.3 is 14.8 Å². The number of aryl methyl sites for hydroxylation is 1. The number of nitrogens with zero attached hydrogens (tertiary/aromatic N) is 3. The number of hydrogen-bond donors (Lipinski definition) is 1. The van der Waals surface area contributed by atoms with E-state index in [2.05, 4.69) is 14.8 Å². The van der Waals surface area contributed by atoms with Crippen LogP contribution in [0.5, 0.6) is 0 Å². The Labute approximate surface area is 183 Å². The summed E-state index contributed by atoms with van der Waals surface area (Å²) in [6.07, 6.45) is 2.07. The van der Waals surface area contributed by atoms with Crippen LogP contribution in [0.3, 0.4) is 0 Å². The molecule has 7 heteroatoms. The molecule has 2 aliphatic rings. The van der Waals surface area contributed by atoms with Crippen molar-refractivity contribution in [3.63, 3.8) is 0 Å². The zero-order valence-corrected chi connectivity index (χ0v) is 18.6. The first-order chi connectivity index (χ1) is 14.8. The molecule has 2 aromatic rings. The SMILES string of the molecule is CC(=O)c1[nH]c(C)c(C(=O)N2CCC[C@@H](N3CCN(c4ccc(F)cc4)CC3)C2)c1C. The van der Waals surface area contributed by atoms with Gasteiger partial charge in [-0.05, 0) is 56.5 Å². The number of ketones is 1. The molecule has 0 radical (unpaired) electrons. The van der Waals surface area contributed by atoms with E-state index in [0.29, 0.717) is 17.3 Å². The molecule has 1 atom stereocenters. The zero-order chi connectivity index (χ0) is 22.1. The molecule has 6 nitrogen and oxygen atoms in total. The summed E-state index contributed by atoms with van der Waals surface area (Å²) in [7, 11) is 0. The molecular weight excluding hydrogens is 395 g/mol. The van der Waals surface area contributed by atoms with Crippen LogP contribution in [0.4, 0.5) is 10.1 Å². The van der Waals surface area contributed by atoms with Gasteiger partial charge in [0, 0.05) is 63.6 Å². The lowest BCUT2D eigenvalue weighted by molar-refractivity contribution is 0.0562. The van der Waals surface area contributed by atoms with Gasteiger partial charge in [-0.1, -0.05) is 0 Å². The fraction of sp³-hybridized carbons (Fsp3) is 0.500. The number of aromatic amines is 1. The highest BCUT2D eigenvalue weighted by Gasteiger charge is 2.32. The van der Waals surface area contributed by atoms with Crippen LogP contribution < -0.4 is 4.90 Å². The fourth-order valence-corrected chi connectivity index (χ4v) is 5.02. The van der Waals surface area contributed by atoms with Crippen molar-refractivity contribution < 1.29 is 14.0 Å². The Morgan fingerprint density at radius 3 is 2.32 bits per heavy atom. The van der Waals surface area contributed by atoms with Crippen LogP contribution >= 0.6 is 0 Å². The van der Waals surface area contributed by atoms with Gasteiger partial charge >= 0.3 is 0 Å². The molecule has 2 fully saturated rings. The maximum atomic E-state index is 13.3. The van der Waals surface area contributed by atoms with E-state index in [1.807, 2.05) is 30.9 Å². The van der Waals surface area contributed by atoms with E-state index in [9.17, 15) is 14.0 Å². The molecule has 1 aromatic carbocycles. The van der Waals surface area contributed by atoms with E-state index in [4.69, 9.17) is 0 Å². The summed E-state index contributed by atoms with van der Waals surface area (Å²) < 4.78 is 13.2. The molecule has 2 aliphatic heterocycles. The van der Waals surface area contributed by atoms with Gasteiger partial charge in [0.1, 0.15) is 5.82 Å². The molecule has 0 saturated carbocycles. The number of benzene rings is 1. The minimum atomic E-state index is -0.210. The molecular formula is C24H31FN4O2. The Kier molecular flexibility index (Phi) is 6.14. The molecule has 0 unspecified atom stereocenters. The molecule has 1 amide bonds. The Morgan fingerprint density at radius 1 is 1.03 bits per heavy atom. The quantitative estimate of drug-likeness (QED) is 0.762. The summed E-state index contributed by atoms with van der Waals surface area (Å²) in [4.78, 5) is 35.0. The van der Waals surface area contributed by atoms with Crippen molar-refractivity contribution in [2.45, 2.75) is 39.7 Å². The monoisotopic (exact) mass is 426 g/mol. The number of halogens is 1. The Hall–Kier alpha value is -2.67. The number of hydrogen-bond acceptors (Lipinski definition) is 4. The number of piperazine rings is 1. The predicted molar refractivity (Wildman–Crippen MR) is 119 cm³/mol. The molecule has 2 saturated heterocycles. The number of nitrogens with one attached hydrogen (secondary N) is 1. The second-order valence-electron chi connectivity index (χ2n) is 8.73. The number of aromatic nitrogens is 1. The lowest BCUT2D eigenvalue weighted by atomic mass is 10.0. The summed E-state index contributed by atoms with van der Waals surface area (Å²) in [5.41, 5.74) is 3.76. The second-order valence-corrected chi connectivity index (χ2v) is 8.73. The normalized spacial score (nSPS) is 20.2. The summed E-state index contributed by atoms with van der Waals surface area (Å²) in [6, 6.07) is 7.04. The van der Waals surface area contributed by atoms with Crippen molar-refractivity contribution in [3.8, 4) is 0 Å². The van der Waals surface area contributed by atoms with Gasteiger partial charge in [0.05, 0.1) is 11.3 Å². The smallest absolute Gasteiger partial charge is 0.256 e. The van der Waals surface area contributed by atoms with Crippen LogP contribution in [-0.2, 0) is 0 Å². The average Bonchev–Trinajstić information content (AvgIpc) is 3.08. The third-order valence-corrected chi connectivity index (χ3v) is 6.71. The lowest BCUT2D eigenvalue weighted by Crippen LogP contribution is -2.56. The third kappa shape index (κ3) is 4.37. The van der Waals surface area contributed by atoms with Crippen molar-refractivity contribution in [2.24, 2.45) is 0 Å². The Bertz CT molecular complexity index is 961. The highest BCUT2D eigenvalue weighted by Crippen LogP contribution is 2.25. The van der Waals surface area contributed by atoms with Crippen molar-refractivity contribution in [2.75, 3.05) is 44.2 Å².